The number of methoxy groups -OCH3 is 3. The van der Waals surface area contributed by atoms with Crippen LogP contribution in [0.2, 0.25) is 0 Å². The normalized spacial score (nSPS) is 27.6. The highest BCUT2D eigenvalue weighted by atomic mass is 16.7. The standard InChI is InChI=1S/C17H22O4/c1-19-15-6-4-5-10-7-13-11(8-12(10)15)9-14(18)16(13)17(20-2)21-3/h4-6,11,13,16-17H,7-9H2,1-3H3/t11?,13-,16+/m0/s1. The van der Waals surface area contributed by atoms with Crippen molar-refractivity contribution in [1.82, 2.24) is 0 Å². The maximum Gasteiger partial charge on any atom is 0.166 e. The van der Waals surface area contributed by atoms with E-state index in [1.165, 1.54) is 11.1 Å². The highest BCUT2D eigenvalue weighted by Crippen LogP contribution is 2.46. The van der Waals surface area contributed by atoms with Gasteiger partial charge in [-0.3, -0.25) is 4.79 Å². The number of hydrogen-bond acceptors (Lipinski definition) is 4. The Morgan fingerprint density at radius 2 is 1.86 bits per heavy atom. The molecule has 0 aromatic heterocycles. The minimum absolute atomic E-state index is 0.149. The molecule has 0 aliphatic heterocycles. The van der Waals surface area contributed by atoms with Gasteiger partial charge in [-0.2, -0.15) is 0 Å². The molecule has 0 bridgehead atoms. The smallest absolute Gasteiger partial charge is 0.166 e. The third kappa shape index (κ3) is 2.36. The molecule has 0 amide bonds. The Morgan fingerprint density at radius 1 is 1.10 bits per heavy atom. The summed E-state index contributed by atoms with van der Waals surface area (Å²) in [5.74, 6) is 1.74. The average molecular weight is 290 g/mol. The number of Topliss-reactive ketones (excluding diaryl/α,β-unsaturated/α-hetero) is 1. The number of ketones is 1. The zero-order valence-electron chi connectivity index (χ0n) is 12.8. The lowest BCUT2D eigenvalue weighted by atomic mass is 9.74. The molecule has 0 spiro atoms. The van der Waals surface area contributed by atoms with Gasteiger partial charge < -0.3 is 14.2 Å². The lowest BCUT2D eigenvalue weighted by molar-refractivity contribution is -0.159. The summed E-state index contributed by atoms with van der Waals surface area (Å²) in [6.07, 6.45) is 2.00. The van der Waals surface area contributed by atoms with Crippen molar-refractivity contribution in [2.24, 2.45) is 17.8 Å². The summed E-state index contributed by atoms with van der Waals surface area (Å²) in [5, 5.41) is 0. The molecule has 4 heteroatoms. The number of carbonyl (C=O) groups excluding carboxylic acids is 1. The monoisotopic (exact) mass is 290 g/mol. The molecule has 0 N–H and O–H groups in total. The van der Waals surface area contributed by atoms with Crippen LogP contribution in [0.15, 0.2) is 18.2 Å². The van der Waals surface area contributed by atoms with E-state index in [1.54, 1.807) is 21.3 Å². The van der Waals surface area contributed by atoms with E-state index in [9.17, 15) is 4.79 Å². The van der Waals surface area contributed by atoms with E-state index in [4.69, 9.17) is 14.2 Å². The first-order valence-corrected chi connectivity index (χ1v) is 7.42. The summed E-state index contributed by atoms with van der Waals surface area (Å²) in [7, 11) is 4.92. The van der Waals surface area contributed by atoms with E-state index in [0.29, 0.717) is 18.3 Å². The van der Waals surface area contributed by atoms with Gasteiger partial charge in [0, 0.05) is 20.6 Å². The second-order valence-electron chi connectivity index (χ2n) is 5.97. The molecule has 1 fully saturated rings. The second-order valence-corrected chi connectivity index (χ2v) is 5.97. The fraction of sp³-hybridized carbons (Fsp3) is 0.588. The summed E-state index contributed by atoms with van der Waals surface area (Å²) in [4.78, 5) is 12.4. The molecule has 0 saturated heterocycles. The highest BCUT2D eigenvalue weighted by molar-refractivity contribution is 5.84. The molecule has 1 aromatic rings. The van der Waals surface area contributed by atoms with Crippen molar-refractivity contribution in [3.8, 4) is 5.75 Å². The molecule has 2 aliphatic rings. The SMILES string of the molecule is COc1cccc2c1CC1CC(=O)[C@H](C(OC)OC)[C@H]1C2. The van der Waals surface area contributed by atoms with Gasteiger partial charge in [-0.05, 0) is 41.9 Å². The Bertz CT molecular complexity index is 536. The summed E-state index contributed by atoms with van der Waals surface area (Å²) in [5.41, 5.74) is 2.56. The molecule has 1 unspecified atom stereocenters. The average Bonchev–Trinajstić information content (AvgIpc) is 2.81. The van der Waals surface area contributed by atoms with E-state index >= 15 is 0 Å². The van der Waals surface area contributed by atoms with Crippen LogP contribution in [0.3, 0.4) is 0 Å². The molecule has 0 heterocycles. The van der Waals surface area contributed by atoms with Gasteiger partial charge in [0.2, 0.25) is 0 Å². The Morgan fingerprint density at radius 3 is 2.52 bits per heavy atom. The molecule has 1 saturated carbocycles. The van der Waals surface area contributed by atoms with Gasteiger partial charge in [0.25, 0.3) is 0 Å². The molecule has 2 aliphatic carbocycles. The summed E-state index contributed by atoms with van der Waals surface area (Å²) < 4.78 is 16.2. The van der Waals surface area contributed by atoms with Crippen molar-refractivity contribution in [3.05, 3.63) is 29.3 Å². The Hall–Kier alpha value is -1.39. The minimum Gasteiger partial charge on any atom is -0.496 e. The maximum absolute atomic E-state index is 12.4. The van der Waals surface area contributed by atoms with Crippen LogP contribution in [0.1, 0.15) is 17.5 Å². The Labute approximate surface area is 125 Å². The van der Waals surface area contributed by atoms with Crippen molar-refractivity contribution in [3.63, 3.8) is 0 Å². The second kappa shape index (κ2) is 5.78. The summed E-state index contributed by atoms with van der Waals surface area (Å²) in [6, 6.07) is 6.16. The molecular formula is C17H22O4. The number of ether oxygens (including phenoxy) is 3. The van der Waals surface area contributed by atoms with E-state index in [2.05, 4.69) is 6.07 Å². The predicted molar refractivity (Wildman–Crippen MR) is 78.3 cm³/mol. The van der Waals surface area contributed by atoms with Crippen LogP contribution in [0.4, 0.5) is 0 Å². The van der Waals surface area contributed by atoms with Gasteiger partial charge in [0.15, 0.2) is 6.29 Å². The number of benzene rings is 1. The molecule has 3 atom stereocenters. The Kier molecular flexibility index (Phi) is 4.00. The van der Waals surface area contributed by atoms with Crippen LogP contribution in [0, 0.1) is 17.8 Å². The van der Waals surface area contributed by atoms with Gasteiger partial charge in [0.05, 0.1) is 13.0 Å². The van der Waals surface area contributed by atoms with Crippen LogP contribution in [-0.2, 0) is 27.1 Å². The highest BCUT2D eigenvalue weighted by Gasteiger charge is 2.48. The zero-order chi connectivity index (χ0) is 15.0. The fourth-order valence-electron chi connectivity index (χ4n) is 4.08. The fourth-order valence-corrected chi connectivity index (χ4v) is 4.08. The Balaban J connectivity index is 1.92. The topological polar surface area (TPSA) is 44.8 Å². The van der Waals surface area contributed by atoms with Crippen LogP contribution in [-0.4, -0.2) is 33.4 Å². The van der Waals surface area contributed by atoms with Crippen LogP contribution >= 0.6 is 0 Å². The first-order valence-electron chi connectivity index (χ1n) is 7.42. The van der Waals surface area contributed by atoms with E-state index in [1.807, 2.05) is 12.1 Å². The summed E-state index contributed by atoms with van der Waals surface area (Å²) >= 11 is 0. The minimum atomic E-state index is -0.431. The van der Waals surface area contributed by atoms with Gasteiger partial charge >= 0.3 is 0 Å². The van der Waals surface area contributed by atoms with Crippen LogP contribution in [0.25, 0.3) is 0 Å². The molecular weight excluding hydrogens is 268 g/mol. The molecule has 4 nitrogen and oxygen atoms in total. The van der Waals surface area contributed by atoms with Gasteiger partial charge in [0.1, 0.15) is 11.5 Å². The van der Waals surface area contributed by atoms with Crippen LogP contribution in [0.5, 0.6) is 5.75 Å². The molecule has 21 heavy (non-hydrogen) atoms. The van der Waals surface area contributed by atoms with Crippen LogP contribution < -0.4 is 4.74 Å². The molecule has 114 valence electrons. The summed E-state index contributed by atoms with van der Waals surface area (Å²) in [6.45, 7) is 0. The van der Waals surface area contributed by atoms with Gasteiger partial charge in [-0.1, -0.05) is 12.1 Å². The van der Waals surface area contributed by atoms with E-state index in [0.717, 1.165) is 18.6 Å². The first-order chi connectivity index (χ1) is 10.2. The number of hydrogen-bond donors (Lipinski definition) is 0. The first kappa shape index (κ1) is 14.5. The zero-order valence-corrected chi connectivity index (χ0v) is 12.8. The molecule has 0 radical (unpaired) electrons. The van der Waals surface area contributed by atoms with Crippen molar-refractivity contribution >= 4 is 5.78 Å². The predicted octanol–water partition coefficient (Wildman–Crippen LogP) is 2.23. The quantitative estimate of drug-likeness (QED) is 0.798. The largest absolute Gasteiger partial charge is 0.496 e. The number of rotatable bonds is 4. The third-order valence-corrected chi connectivity index (χ3v) is 5.03. The lowest BCUT2D eigenvalue weighted by Crippen LogP contribution is -2.36. The number of fused-ring (bicyclic) bond motifs is 2. The van der Waals surface area contributed by atoms with Crippen molar-refractivity contribution in [2.45, 2.75) is 25.6 Å². The lowest BCUT2D eigenvalue weighted by Gasteiger charge is -2.33. The number of carbonyl (C=O) groups is 1. The van der Waals surface area contributed by atoms with Crippen molar-refractivity contribution < 1.29 is 19.0 Å². The third-order valence-electron chi connectivity index (χ3n) is 5.03. The van der Waals surface area contributed by atoms with E-state index < -0.39 is 6.29 Å². The van der Waals surface area contributed by atoms with E-state index in [-0.39, 0.29) is 11.7 Å². The van der Waals surface area contributed by atoms with Crippen molar-refractivity contribution in [1.29, 1.82) is 0 Å². The molecule has 3 rings (SSSR count). The van der Waals surface area contributed by atoms with Gasteiger partial charge in [-0.15, -0.1) is 0 Å². The molecule has 1 aromatic carbocycles. The maximum atomic E-state index is 12.4. The van der Waals surface area contributed by atoms with Gasteiger partial charge in [-0.25, -0.2) is 0 Å². The van der Waals surface area contributed by atoms with Crippen molar-refractivity contribution in [2.75, 3.05) is 21.3 Å².